The van der Waals surface area contributed by atoms with Gasteiger partial charge in [0.05, 0.1) is 11.2 Å². The lowest BCUT2D eigenvalue weighted by molar-refractivity contribution is 0.0990. The first kappa shape index (κ1) is 18.8. The summed E-state index contributed by atoms with van der Waals surface area (Å²) < 4.78 is 7.95. The van der Waals surface area contributed by atoms with Crippen LogP contribution in [0.3, 0.4) is 0 Å². The number of carbonyl (C=O) groups excluding carboxylic acids is 1. The number of hydrogen-bond donors (Lipinski definition) is 0. The Morgan fingerprint density at radius 1 is 1.17 bits per heavy atom. The van der Waals surface area contributed by atoms with E-state index < -0.39 is 0 Å². The highest BCUT2D eigenvalue weighted by molar-refractivity contribution is 7.14. The topological polar surface area (TPSA) is 64.2 Å². The van der Waals surface area contributed by atoms with Gasteiger partial charge < -0.3 is 8.98 Å². The maximum absolute atomic E-state index is 13.1. The van der Waals surface area contributed by atoms with Crippen LogP contribution in [-0.4, -0.2) is 27.0 Å². The van der Waals surface area contributed by atoms with Crippen molar-refractivity contribution in [1.29, 1.82) is 0 Å². The third-order valence-electron chi connectivity index (χ3n) is 4.74. The first-order valence-corrected chi connectivity index (χ1v) is 11.3. The van der Waals surface area contributed by atoms with Crippen LogP contribution in [0.5, 0.6) is 0 Å². The standard InChI is InChI=1S/C22H18N4O2S2/c27-21(20-7-3-12-29-20)26(10-4-9-25-11-8-23-15-25)22-24-17(14-30-22)19-13-16-5-1-2-6-18(16)28-19/h1-3,5-8,11-15H,4,9-10H2. The van der Waals surface area contributed by atoms with Crippen LogP contribution in [0.1, 0.15) is 16.1 Å². The zero-order chi connectivity index (χ0) is 20.3. The van der Waals surface area contributed by atoms with E-state index >= 15 is 0 Å². The second-order valence-electron chi connectivity index (χ2n) is 6.75. The van der Waals surface area contributed by atoms with Crippen LogP contribution < -0.4 is 4.90 Å². The van der Waals surface area contributed by atoms with Crippen molar-refractivity contribution in [2.45, 2.75) is 13.0 Å². The molecule has 6 nitrogen and oxygen atoms in total. The molecule has 0 radical (unpaired) electrons. The quantitative estimate of drug-likeness (QED) is 0.337. The van der Waals surface area contributed by atoms with E-state index in [2.05, 4.69) is 4.98 Å². The van der Waals surface area contributed by atoms with Gasteiger partial charge in [0.2, 0.25) is 0 Å². The molecule has 1 amide bonds. The predicted molar refractivity (Wildman–Crippen MR) is 120 cm³/mol. The summed E-state index contributed by atoms with van der Waals surface area (Å²) in [7, 11) is 0. The fourth-order valence-electron chi connectivity index (χ4n) is 3.26. The Morgan fingerprint density at radius 3 is 2.90 bits per heavy atom. The largest absolute Gasteiger partial charge is 0.454 e. The number of rotatable bonds is 7. The molecule has 30 heavy (non-hydrogen) atoms. The number of amides is 1. The summed E-state index contributed by atoms with van der Waals surface area (Å²) in [5.74, 6) is 0.682. The van der Waals surface area contributed by atoms with Gasteiger partial charge in [0.15, 0.2) is 10.9 Å². The highest BCUT2D eigenvalue weighted by Gasteiger charge is 2.22. The average molecular weight is 435 g/mol. The summed E-state index contributed by atoms with van der Waals surface area (Å²) in [6.45, 7) is 1.36. The molecule has 0 spiro atoms. The van der Waals surface area contributed by atoms with Gasteiger partial charge in [-0.3, -0.25) is 9.69 Å². The van der Waals surface area contributed by atoms with E-state index in [0.717, 1.165) is 29.6 Å². The molecule has 0 unspecified atom stereocenters. The van der Waals surface area contributed by atoms with Crippen LogP contribution in [0, 0.1) is 0 Å². The van der Waals surface area contributed by atoms with Crippen molar-refractivity contribution in [3.05, 3.63) is 76.8 Å². The average Bonchev–Trinajstić information content (AvgIpc) is 3.56. The van der Waals surface area contributed by atoms with E-state index in [1.807, 2.05) is 64.0 Å². The lowest BCUT2D eigenvalue weighted by Gasteiger charge is -2.19. The second-order valence-corrected chi connectivity index (χ2v) is 8.54. The molecular weight excluding hydrogens is 416 g/mol. The summed E-state index contributed by atoms with van der Waals surface area (Å²) >= 11 is 2.90. The number of thiophene rings is 1. The maximum atomic E-state index is 13.1. The highest BCUT2D eigenvalue weighted by atomic mass is 32.1. The maximum Gasteiger partial charge on any atom is 0.270 e. The van der Waals surface area contributed by atoms with Gasteiger partial charge in [0, 0.05) is 36.2 Å². The molecule has 0 fully saturated rings. The molecule has 0 aliphatic rings. The van der Waals surface area contributed by atoms with E-state index in [-0.39, 0.29) is 5.91 Å². The minimum atomic E-state index is -0.0267. The van der Waals surface area contributed by atoms with Crippen LogP contribution in [0.15, 0.2) is 76.4 Å². The molecule has 8 heteroatoms. The predicted octanol–water partition coefficient (Wildman–Crippen LogP) is 5.55. The molecule has 5 aromatic rings. The zero-order valence-corrected chi connectivity index (χ0v) is 17.6. The van der Waals surface area contributed by atoms with E-state index in [0.29, 0.717) is 22.3 Å². The van der Waals surface area contributed by atoms with Crippen molar-refractivity contribution in [2.75, 3.05) is 11.4 Å². The lowest BCUT2D eigenvalue weighted by atomic mass is 10.2. The number of aromatic nitrogens is 3. The Balaban J connectivity index is 1.41. The number of benzene rings is 1. The molecule has 0 N–H and O–H groups in total. The Hall–Kier alpha value is -3.23. The molecule has 0 aliphatic heterocycles. The smallest absolute Gasteiger partial charge is 0.270 e. The molecule has 150 valence electrons. The van der Waals surface area contributed by atoms with E-state index in [9.17, 15) is 4.79 Å². The summed E-state index contributed by atoms with van der Waals surface area (Å²) in [5, 5.41) is 5.57. The molecule has 0 atom stereocenters. The SMILES string of the molecule is O=C(c1cccs1)N(CCCn1ccnc1)c1nc(-c2cc3ccccc3o2)cs1. The van der Waals surface area contributed by atoms with Crippen molar-refractivity contribution in [3.8, 4) is 11.5 Å². The van der Waals surface area contributed by atoms with Gasteiger partial charge >= 0.3 is 0 Å². The van der Waals surface area contributed by atoms with E-state index in [1.54, 1.807) is 17.4 Å². The molecule has 4 aromatic heterocycles. The molecule has 0 saturated carbocycles. The molecule has 1 aromatic carbocycles. The van der Waals surface area contributed by atoms with Crippen LogP contribution in [0.4, 0.5) is 5.13 Å². The van der Waals surface area contributed by atoms with E-state index in [1.165, 1.54) is 22.7 Å². The zero-order valence-electron chi connectivity index (χ0n) is 16.0. The van der Waals surface area contributed by atoms with Gasteiger partial charge in [-0.2, -0.15) is 0 Å². The van der Waals surface area contributed by atoms with Crippen molar-refractivity contribution in [1.82, 2.24) is 14.5 Å². The molecular formula is C22H18N4O2S2. The van der Waals surface area contributed by atoms with Crippen molar-refractivity contribution in [2.24, 2.45) is 0 Å². The van der Waals surface area contributed by atoms with Crippen LogP contribution >= 0.6 is 22.7 Å². The monoisotopic (exact) mass is 434 g/mol. The van der Waals surface area contributed by atoms with Gasteiger partial charge in [-0.25, -0.2) is 9.97 Å². The molecule has 0 saturated heterocycles. The molecule has 5 rings (SSSR count). The minimum Gasteiger partial charge on any atom is -0.454 e. The molecule has 0 bridgehead atoms. The van der Waals surface area contributed by atoms with Gasteiger partial charge in [-0.15, -0.1) is 22.7 Å². The summed E-state index contributed by atoms with van der Waals surface area (Å²) in [4.78, 5) is 24.4. The number of thiazole rings is 1. The van der Waals surface area contributed by atoms with Gasteiger partial charge in [0.25, 0.3) is 5.91 Å². The summed E-state index contributed by atoms with van der Waals surface area (Å²) in [6.07, 6.45) is 6.27. The normalized spacial score (nSPS) is 11.2. The minimum absolute atomic E-state index is 0.0267. The molecule has 0 aliphatic carbocycles. The Kier molecular flexibility index (Phi) is 5.17. The van der Waals surface area contributed by atoms with Crippen molar-refractivity contribution < 1.29 is 9.21 Å². The fraction of sp³-hybridized carbons (Fsp3) is 0.136. The highest BCUT2D eigenvalue weighted by Crippen LogP contribution is 2.32. The van der Waals surface area contributed by atoms with Gasteiger partial charge in [0.1, 0.15) is 11.3 Å². The number of nitrogens with zero attached hydrogens (tertiary/aromatic N) is 4. The first-order valence-electron chi connectivity index (χ1n) is 9.53. The third kappa shape index (κ3) is 3.79. The molecule has 4 heterocycles. The number of furan rings is 1. The number of hydrogen-bond acceptors (Lipinski definition) is 6. The van der Waals surface area contributed by atoms with E-state index in [4.69, 9.17) is 9.40 Å². The van der Waals surface area contributed by atoms with Gasteiger partial charge in [-0.1, -0.05) is 24.3 Å². The Bertz CT molecular complexity index is 1220. The second kappa shape index (κ2) is 8.25. The van der Waals surface area contributed by atoms with Crippen molar-refractivity contribution in [3.63, 3.8) is 0 Å². The Labute approximate surface area is 181 Å². The summed E-state index contributed by atoms with van der Waals surface area (Å²) in [6, 6.07) is 13.6. The number of aryl methyl sites for hydroxylation is 1. The lowest BCUT2D eigenvalue weighted by Crippen LogP contribution is -2.31. The first-order chi connectivity index (χ1) is 14.8. The van der Waals surface area contributed by atoms with Crippen LogP contribution in [0.2, 0.25) is 0 Å². The number of para-hydroxylation sites is 1. The van der Waals surface area contributed by atoms with Gasteiger partial charge in [-0.05, 0) is 30.0 Å². The number of carbonyl (C=O) groups is 1. The van der Waals surface area contributed by atoms with Crippen molar-refractivity contribution >= 4 is 44.7 Å². The number of fused-ring (bicyclic) bond motifs is 1. The third-order valence-corrected chi connectivity index (χ3v) is 6.46. The Morgan fingerprint density at radius 2 is 2.10 bits per heavy atom. The fourth-order valence-corrected chi connectivity index (χ4v) is 4.77. The summed E-state index contributed by atoms with van der Waals surface area (Å²) in [5.41, 5.74) is 1.57. The van der Waals surface area contributed by atoms with Crippen LogP contribution in [-0.2, 0) is 6.54 Å². The number of imidazole rings is 1. The number of anilines is 1. The van der Waals surface area contributed by atoms with Crippen LogP contribution in [0.25, 0.3) is 22.4 Å².